The largest absolute Gasteiger partial charge is 0.394 e. The second-order valence-electron chi connectivity index (χ2n) is 7.07. The fourth-order valence-corrected chi connectivity index (χ4v) is 4.13. The van der Waals surface area contributed by atoms with Crippen LogP contribution in [0, 0.1) is 0 Å². The van der Waals surface area contributed by atoms with E-state index < -0.39 is 10.8 Å². The molecule has 2 heterocycles. The summed E-state index contributed by atoms with van der Waals surface area (Å²) in [4.78, 5) is 12.0. The number of hydrogen-bond acceptors (Lipinski definition) is 5. The summed E-state index contributed by atoms with van der Waals surface area (Å²) in [5.41, 5.74) is -0.353. The molecule has 0 aromatic carbocycles. The second-order valence-corrected chi connectivity index (χ2v) is 8.61. The molecule has 5 nitrogen and oxygen atoms in total. The van der Waals surface area contributed by atoms with Crippen molar-refractivity contribution in [3.8, 4) is 0 Å². The molecule has 1 fully saturated rings. The summed E-state index contributed by atoms with van der Waals surface area (Å²) in [5.74, 6) is 2.12. The number of aliphatic hydroxyl groups is 1. The predicted octanol–water partition coefficient (Wildman–Crippen LogP) is 1.62. The van der Waals surface area contributed by atoms with Gasteiger partial charge < -0.3 is 10.0 Å². The average Bonchev–Trinajstić information content (AvgIpc) is 2.39. The summed E-state index contributed by atoms with van der Waals surface area (Å²) < 4.78 is 12.3. The lowest BCUT2D eigenvalue weighted by atomic mass is 9.76. The standard InChI is InChI=1S/C15H23N3O2S/c1-14(2,3)13-16-9-11-12(17-13)18(7-8-21(11)20)15(10-19)5-4-6-15/h9,19H,4-8,10H2,1-3H3. The lowest BCUT2D eigenvalue weighted by Gasteiger charge is -2.51. The van der Waals surface area contributed by atoms with Crippen LogP contribution in [0.25, 0.3) is 0 Å². The van der Waals surface area contributed by atoms with Gasteiger partial charge in [-0.1, -0.05) is 20.8 Å². The zero-order valence-corrected chi connectivity index (χ0v) is 13.7. The fourth-order valence-electron chi connectivity index (χ4n) is 3.03. The van der Waals surface area contributed by atoms with Crippen LogP contribution in [0.2, 0.25) is 0 Å². The van der Waals surface area contributed by atoms with E-state index in [1.165, 1.54) is 0 Å². The number of hydrogen-bond donors (Lipinski definition) is 1. The van der Waals surface area contributed by atoms with Gasteiger partial charge in [-0.15, -0.1) is 0 Å². The molecule has 116 valence electrons. The predicted molar refractivity (Wildman–Crippen MR) is 83.0 cm³/mol. The Bertz CT molecular complexity index is 573. The summed E-state index contributed by atoms with van der Waals surface area (Å²) in [6.45, 7) is 7.05. The Hall–Kier alpha value is -1.01. The van der Waals surface area contributed by atoms with Gasteiger partial charge in [-0.25, -0.2) is 9.97 Å². The van der Waals surface area contributed by atoms with Crippen LogP contribution in [0.3, 0.4) is 0 Å². The third kappa shape index (κ3) is 2.38. The maximum Gasteiger partial charge on any atom is 0.149 e. The first kappa shape index (κ1) is 14.9. The van der Waals surface area contributed by atoms with Crippen LogP contribution in [0.4, 0.5) is 5.82 Å². The molecule has 1 aromatic heterocycles. The maximum absolute atomic E-state index is 12.3. The molecule has 1 N–H and O–H groups in total. The first-order chi connectivity index (χ1) is 9.87. The van der Waals surface area contributed by atoms with E-state index in [1.54, 1.807) is 6.20 Å². The zero-order chi connectivity index (χ0) is 15.3. The molecule has 1 unspecified atom stereocenters. The number of aromatic nitrogens is 2. The number of anilines is 1. The van der Waals surface area contributed by atoms with Crippen LogP contribution in [-0.2, 0) is 16.2 Å². The third-order valence-electron chi connectivity index (χ3n) is 4.56. The van der Waals surface area contributed by atoms with Crippen molar-refractivity contribution in [3.05, 3.63) is 12.0 Å². The minimum Gasteiger partial charge on any atom is -0.394 e. The molecular formula is C15H23N3O2S. The molecule has 1 aromatic rings. The average molecular weight is 309 g/mol. The van der Waals surface area contributed by atoms with Crippen molar-refractivity contribution in [3.63, 3.8) is 0 Å². The minimum atomic E-state index is -1.03. The normalized spacial score (nSPS) is 24.4. The molecule has 1 saturated carbocycles. The van der Waals surface area contributed by atoms with E-state index in [0.717, 1.165) is 30.9 Å². The van der Waals surface area contributed by atoms with Crippen LogP contribution in [0.5, 0.6) is 0 Å². The van der Waals surface area contributed by atoms with Crippen molar-refractivity contribution in [1.29, 1.82) is 0 Å². The van der Waals surface area contributed by atoms with E-state index in [-0.39, 0.29) is 17.6 Å². The molecule has 6 heteroatoms. The Balaban J connectivity index is 2.08. The van der Waals surface area contributed by atoms with Gasteiger partial charge in [-0.3, -0.25) is 4.21 Å². The minimum absolute atomic E-state index is 0.133. The highest BCUT2D eigenvalue weighted by molar-refractivity contribution is 7.85. The molecule has 0 bridgehead atoms. The van der Waals surface area contributed by atoms with E-state index in [1.807, 2.05) is 0 Å². The molecule has 21 heavy (non-hydrogen) atoms. The summed E-state index contributed by atoms with van der Waals surface area (Å²) in [6.07, 6.45) is 4.80. The molecule has 3 rings (SSSR count). The number of nitrogens with zero attached hydrogens (tertiary/aromatic N) is 3. The van der Waals surface area contributed by atoms with Gasteiger partial charge in [0.2, 0.25) is 0 Å². The Morgan fingerprint density at radius 1 is 1.43 bits per heavy atom. The van der Waals surface area contributed by atoms with E-state index in [2.05, 4.69) is 30.7 Å². The smallest absolute Gasteiger partial charge is 0.149 e. The molecule has 0 radical (unpaired) electrons. The van der Waals surface area contributed by atoms with Gasteiger partial charge in [0, 0.05) is 23.9 Å². The van der Waals surface area contributed by atoms with Crippen molar-refractivity contribution in [2.75, 3.05) is 23.8 Å². The van der Waals surface area contributed by atoms with Gasteiger partial charge in [0.15, 0.2) is 0 Å². The number of fused-ring (bicyclic) bond motifs is 1. The summed E-state index contributed by atoms with van der Waals surface area (Å²) >= 11 is 0. The van der Waals surface area contributed by atoms with E-state index in [9.17, 15) is 9.32 Å². The summed E-state index contributed by atoms with van der Waals surface area (Å²) in [5, 5.41) is 9.85. The lowest BCUT2D eigenvalue weighted by molar-refractivity contribution is 0.115. The highest BCUT2D eigenvalue weighted by atomic mass is 32.2. The summed E-state index contributed by atoms with van der Waals surface area (Å²) in [6, 6.07) is 0. The zero-order valence-electron chi connectivity index (χ0n) is 12.9. The molecule has 0 spiro atoms. The third-order valence-corrected chi connectivity index (χ3v) is 5.89. The van der Waals surface area contributed by atoms with Crippen LogP contribution < -0.4 is 4.90 Å². The van der Waals surface area contributed by atoms with E-state index in [0.29, 0.717) is 17.2 Å². The lowest BCUT2D eigenvalue weighted by Crippen LogP contribution is -2.59. The first-order valence-electron chi connectivity index (χ1n) is 7.52. The Labute approximate surface area is 128 Å². The molecular weight excluding hydrogens is 286 g/mol. The Morgan fingerprint density at radius 3 is 2.67 bits per heavy atom. The SMILES string of the molecule is CC(C)(C)c1ncc2c(n1)N(C1(CO)CCC1)CCS2=O. The molecule has 0 saturated heterocycles. The maximum atomic E-state index is 12.3. The first-order valence-corrected chi connectivity index (χ1v) is 8.84. The van der Waals surface area contributed by atoms with Crippen LogP contribution in [0.1, 0.15) is 45.9 Å². The van der Waals surface area contributed by atoms with Crippen LogP contribution in [-0.4, -0.2) is 43.7 Å². The van der Waals surface area contributed by atoms with E-state index >= 15 is 0 Å². The van der Waals surface area contributed by atoms with Gasteiger partial charge in [-0.05, 0) is 19.3 Å². The Morgan fingerprint density at radius 2 is 2.14 bits per heavy atom. The highest BCUT2D eigenvalue weighted by Crippen LogP contribution is 2.42. The number of aliphatic hydroxyl groups excluding tert-OH is 1. The molecule has 2 aliphatic rings. The van der Waals surface area contributed by atoms with Gasteiger partial charge in [-0.2, -0.15) is 0 Å². The summed E-state index contributed by atoms with van der Waals surface area (Å²) in [7, 11) is -1.03. The fraction of sp³-hybridized carbons (Fsp3) is 0.733. The van der Waals surface area contributed by atoms with Crippen molar-refractivity contribution >= 4 is 16.6 Å². The van der Waals surface area contributed by atoms with Gasteiger partial charge >= 0.3 is 0 Å². The van der Waals surface area contributed by atoms with Crippen molar-refractivity contribution < 1.29 is 9.32 Å². The van der Waals surface area contributed by atoms with Gasteiger partial charge in [0.05, 0.1) is 27.8 Å². The van der Waals surface area contributed by atoms with Crippen molar-refractivity contribution in [1.82, 2.24) is 9.97 Å². The second kappa shape index (κ2) is 5.02. The van der Waals surface area contributed by atoms with E-state index in [4.69, 9.17) is 4.98 Å². The molecule has 0 amide bonds. The van der Waals surface area contributed by atoms with Crippen LogP contribution >= 0.6 is 0 Å². The molecule has 1 aliphatic carbocycles. The van der Waals surface area contributed by atoms with Gasteiger partial charge in [0.25, 0.3) is 0 Å². The monoisotopic (exact) mass is 309 g/mol. The van der Waals surface area contributed by atoms with Crippen LogP contribution in [0.15, 0.2) is 11.1 Å². The number of rotatable bonds is 2. The molecule has 1 atom stereocenters. The highest BCUT2D eigenvalue weighted by Gasteiger charge is 2.45. The quantitative estimate of drug-likeness (QED) is 0.899. The van der Waals surface area contributed by atoms with Gasteiger partial charge in [0.1, 0.15) is 11.6 Å². The van der Waals surface area contributed by atoms with Crippen molar-refractivity contribution in [2.45, 2.75) is 55.9 Å². The van der Waals surface area contributed by atoms with Crippen molar-refractivity contribution in [2.24, 2.45) is 0 Å². The Kier molecular flexibility index (Phi) is 3.56. The molecule has 1 aliphatic heterocycles. The topological polar surface area (TPSA) is 66.3 Å².